The third-order valence-corrected chi connectivity index (χ3v) is 8.64. The number of hydrogen-bond donors (Lipinski definition) is 1. The van der Waals surface area contributed by atoms with E-state index in [9.17, 15) is 17.6 Å². The van der Waals surface area contributed by atoms with Crippen LogP contribution in [0.25, 0.3) is 11.4 Å². The van der Waals surface area contributed by atoms with Gasteiger partial charge in [-0.25, -0.2) is 12.8 Å². The second-order valence-corrected chi connectivity index (χ2v) is 11.2. The first-order valence-electron chi connectivity index (χ1n) is 12.0. The van der Waals surface area contributed by atoms with Gasteiger partial charge in [-0.3, -0.25) is 4.79 Å². The predicted molar refractivity (Wildman–Crippen MR) is 131 cm³/mol. The lowest BCUT2D eigenvalue weighted by Crippen LogP contribution is -2.51. The molecule has 0 fully saturated rings. The van der Waals surface area contributed by atoms with Crippen molar-refractivity contribution in [3.8, 4) is 11.4 Å². The Hall–Kier alpha value is -3.11. The van der Waals surface area contributed by atoms with E-state index < -0.39 is 27.8 Å². The van der Waals surface area contributed by atoms with Crippen LogP contribution >= 0.6 is 0 Å². The van der Waals surface area contributed by atoms with Crippen LogP contribution in [0.4, 0.5) is 10.1 Å². The van der Waals surface area contributed by atoms with Crippen LogP contribution in [0.3, 0.4) is 0 Å². The molecule has 1 amide bonds. The molecule has 0 spiro atoms. The Kier molecular flexibility index (Phi) is 6.41. The standard InChI is InChI=1S/C25H28FN5O3S/c1-2-35(33,34)31-16-18-9-6-5-8-17(18)14-22(31)25(32)27-19-11-12-21(26)20(15-19)24-29-28-23-10-4-3-7-13-30(23)24/h5-6,8-9,11-12,15,22H,2-4,7,10,13-14,16H2,1H3,(H,27,32). The molecule has 1 unspecified atom stereocenters. The number of carbonyl (C=O) groups is 1. The second-order valence-electron chi connectivity index (χ2n) is 9.02. The molecule has 35 heavy (non-hydrogen) atoms. The fraction of sp³-hybridized carbons (Fsp3) is 0.400. The van der Waals surface area contributed by atoms with Crippen LogP contribution in [0.15, 0.2) is 42.5 Å². The van der Waals surface area contributed by atoms with Gasteiger partial charge in [-0.1, -0.05) is 30.7 Å². The van der Waals surface area contributed by atoms with Gasteiger partial charge < -0.3 is 9.88 Å². The summed E-state index contributed by atoms with van der Waals surface area (Å²) in [5.74, 6) is 0.278. The molecule has 1 aromatic heterocycles. The maximum atomic E-state index is 14.8. The Balaban J connectivity index is 1.44. The minimum absolute atomic E-state index is 0.0996. The van der Waals surface area contributed by atoms with Gasteiger partial charge in [0.15, 0.2) is 5.82 Å². The Morgan fingerprint density at radius 1 is 1.11 bits per heavy atom. The minimum atomic E-state index is -3.62. The van der Waals surface area contributed by atoms with Crippen molar-refractivity contribution in [3.05, 3.63) is 65.2 Å². The molecule has 5 rings (SSSR count). The van der Waals surface area contributed by atoms with Crippen molar-refractivity contribution >= 4 is 21.6 Å². The average Bonchev–Trinajstić information content (AvgIpc) is 3.11. The first kappa shape index (κ1) is 23.6. The van der Waals surface area contributed by atoms with E-state index in [1.807, 2.05) is 28.8 Å². The summed E-state index contributed by atoms with van der Waals surface area (Å²) in [7, 11) is -3.62. The molecule has 10 heteroatoms. The predicted octanol–water partition coefficient (Wildman–Crippen LogP) is 3.53. The number of aromatic nitrogens is 3. The number of aryl methyl sites for hydroxylation is 1. The summed E-state index contributed by atoms with van der Waals surface area (Å²) in [5, 5.41) is 11.3. The molecule has 184 valence electrons. The zero-order valence-corrected chi connectivity index (χ0v) is 20.4. The monoisotopic (exact) mass is 497 g/mol. The molecule has 1 N–H and O–H groups in total. The van der Waals surface area contributed by atoms with Gasteiger partial charge in [-0.05, 0) is 55.5 Å². The summed E-state index contributed by atoms with van der Waals surface area (Å²) < 4.78 is 43.7. The number of halogens is 1. The molecule has 0 aliphatic carbocycles. The summed E-state index contributed by atoms with van der Waals surface area (Å²) in [6, 6.07) is 11.0. The SMILES string of the molecule is CCS(=O)(=O)N1Cc2ccccc2CC1C(=O)Nc1ccc(F)c(-c2nnc3n2CCCCC3)c1. The van der Waals surface area contributed by atoms with Crippen LogP contribution in [-0.4, -0.2) is 45.2 Å². The van der Waals surface area contributed by atoms with Gasteiger partial charge in [0.25, 0.3) is 0 Å². The number of hydrogen-bond acceptors (Lipinski definition) is 5. The number of nitrogens with one attached hydrogen (secondary N) is 1. The number of rotatable bonds is 5. The number of anilines is 1. The molecule has 0 saturated carbocycles. The number of amides is 1. The lowest BCUT2D eigenvalue weighted by Gasteiger charge is -2.34. The lowest BCUT2D eigenvalue weighted by molar-refractivity contribution is -0.120. The van der Waals surface area contributed by atoms with E-state index in [0.29, 0.717) is 11.5 Å². The highest BCUT2D eigenvalue weighted by Gasteiger charge is 2.38. The maximum Gasteiger partial charge on any atom is 0.243 e. The summed E-state index contributed by atoms with van der Waals surface area (Å²) in [6.07, 6.45) is 4.16. The molecule has 0 bridgehead atoms. The highest BCUT2D eigenvalue weighted by molar-refractivity contribution is 7.89. The minimum Gasteiger partial charge on any atom is -0.325 e. The molecule has 8 nitrogen and oxygen atoms in total. The van der Waals surface area contributed by atoms with Crippen LogP contribution in [0, 0.1) is 5.82 Å². The summed E-state index contributed by atoms with van der Waals surface area (Å²) in [6.45, 7) is 2.43. The fourth-order valence-corrected chi connectivity index (χ4v) is 6.09. The highest BCUT2D eigenvalue weighted by Crippen LogP contribution is 2.30. The van der Waals surface area contributed by atoms with Gasteiger partial charge in [-0.2, -0.15) is 4.31 Å². The zero-order valence-electron chi connectivity index (χ0n) is 19.6. The van der Waals surface area contributed by atoms with Crippen molar-refractivity contribution in [1.82, 2.24) is 19.1 Å². The van der Waals surface area contributed by atoms with Gasteiger partial charge in [0.05, 0.1) is 11.3 Å². The third kappa shape index (κ3) is 4.60. The number of sulfonamides is 1. The molecular weight excluding hydrogens is 469 g/mol. The molecule has 2 aliphatic rings. The van der Waals surface area contributed by atoms with Gasteiger partial charge >= 0.3 is 0 Å². The van der Waals surface area contributed by atoms with Gasteiger partial charge in [0, 0.05) is 25.2 Å². The molecule has 0 saturated heterocycles. The van der Waals surface area contributed by atoms with E-state index >= 15 is 0 Å². The van der Waals surface area contributed by atoms with Crippen molar-refractivity contribution in [3.63, 3.8) is 0 Å². The normalized spacial score (nSPS) is 18.4. The third-order valence-electron chi connectivity index (χ3n) is 6.81. The molecular formula is C25H28FN5O3S. The first-order chi connectivity index (χ1) is 16.9. The maximum absolute atomic E-state index is 14.8. The fourth-order valence-electron chi connectivity index (χ4n) is 4.86. The molecule has 3 heterocycles. The first-order valence-corrected chi connectivity index (χ1v) is 13.6. The lowest BCUT2D eigenvalue weighted by atomic mass is 9.95. The van der Waals surface area contributed by atoms with E-state index in [1.165, 1.54) is 16.4 Å². The van der Waals surface area contributed by atoms with Crippen molar-refractivity contribution < 1.29 is 17.6 Å². The van der Waals surface area contributed by atoms with Gasteiger partial charge in [0.2, 0.25) is 15.9 Å². The van der Waals surface area contributed by atoms with Crippen LogP contribution in [0.2, 0.25) is 0 Å². The van der Waals surface area contributed by atoms with Crippen molar-refractivity contribution in [2.45, 2.75) is 58.2 Å². The molecule has 0 radical (unpaired) electrons. The molecule has 2 aromatic carbocycles. The van der Waals surface area contributed by atoms with E-state index in [4.69, 9.17) is 0 Å². The summed E-state index contributed by atoms with van der Waals surface area (Å²) in [5.41, 5.74) is 2.48. The van der Waals surface area contributed by atoms with Crippen LogP contribution < -0.4 is 5.32 Å². The van der Waals surface area contributed by atoms with E-state index in [2.05, 4.69) is 15.5 Å². The Morgan fingerprint density at radius 3 is 2.71 bits per heavy atom. The van der Waals surface area contributed by atoms with Gasteiger partial charge in [0.1, 0.15) is 17.7 Å². The second kappa shape index (κ2) is 9.50. The molecule has 3 aromatic rings. The average molecular weight is 498 g/mol. The van der Waals surface area contributed by atoms with Crippen molar-refractivity contribution in [2.75, 3.05) is 11.1 Å². The number of benzene rings is 2. The van der Waals surface area contributed by atoms with Crippen LogP contribution in [0.5, 0.6) is 0 Å². The summed E-state index contributed by atoms with van der Waals surface area (Å²) >= 11 is 0. The van der Waals surface area contributed by atoms with Crippen molar-refractivity contribution in [2.24, 2.45) is 0 Å². The van der Waals surface area contributed by atoms with E-state index in [-0.39, 0.29) is 24.3 Å². The van der Waals surface area contributed by atoms with Crippen LogP contribution in [0.1, 0.15) is 43.1 Å². The Labute approximate surface area is 204 Å². The van der Waals surface area contributed by atoms with Crippen LogP contribution in [-0.2, 0) is 40.7 Å². The van der Waals surface area contributed by atoms with Crippen molar-refractivity contribution in [1.29, 1.82) is 0 Å². The van der Waals surface area contributed by atoms with E-state index in [0.717, 1.165) is 49.2 Å². The van der Waals surface area contributed by atoms with Gasteiger partial charge in [-0.15, -0.1) is 10.2 Å². The largest absolute Gasteiger partial charge is 0.325 e. The molecule has 1 atom stereocenters. The highest BCUT2D eigenvalue weighted by atomic mass is 32.2. The number of nitrogens with zero attached hydrogens (tertiary/aromatic N) is 4. The summed E-state index contributed by atoms with van der Waals surface area (Å²) in [4.78, 5) is 13.4. The quantitative estimate of drug-likeness (QED) is 0.582. The zero-order chi connectivity index (χ0) is 24.6. The molecule has 2 aliphatic heterocycles. The smallest absolute Gasteiger partial charge is 0.243 e. The number of fused-ring (bicyclic) bond motifs is 2. The topological polar surface area (TPSA) is 97.2 Å². The Bertz CT molecular complexity index is 1370. The Morgan fingerprint density at radius 2 is 1.91 bits per heavy atom. The van der Waals surface area contributed by atoms with E-state index in [1.54, 1.807) is 13.0 Å². The number of carbonyl (C=O) groups excluding carboxylic acids is 1.